The van der Waals surface area contributed by atoms with Gasteiger partial charge in [0.1, 0.15) is 0 Å². The van der Waals surface area contributed by atoms with E-state index in [1.165, 1.54) is 0 Å². The normalized spacial score (nSPS) is 6.43. The van der Waals surface area contributed by atoms with Gasteiger partial charge in [-0.2, -0.15) is 5.26 Å². The second-order valence-electron chi connectivity index (χ2n) is 0.560. The molecule has 1 amide bonds. The van der Waals surface area contributed by atoms with Gasteiger partial charge in [0.2, 0.25) is 6.08 Å². The average molecular weight is 103 g/mol. The van der Waals surface area contributed by atoms with E-state index in [-0.39, 0.29) is 0 Å². The number of rotatable bonds is 0. The summed E-state index contributed by atoms with van der Waals surface area (Å²) >= 11 is 0. The number of hydrogen-bond acceptors (Lipinski definition) is 4. The maximum absolute atomic E-state index is 9.51. The lowest BCUT2D eigenvalue weighted by Crippen LogP contribution is -1.90. The maximum atomic E-state index is 9.51. The van der Waals surface area contributed by atoms with Crippen LogP contribution in [-0.2, 0) is 9.68 Å². The Kier molecular flexibility index (Phi) is 2.50. The molecule has 0 aromatic heterocycles. The van der Waals surface area contributed by atoms with Gasteiger partial charge in [0.05, 0.1) is 0 Å². The van der Waals surface area contributed by atoms with Gasteiger partial charge in [-0.1, -0.05) is 4.99 Å². The van der Waals surface area contributed by atoms with Crippen molar-refractivity contribution in [3.63, 3.8) is 0 Å². The molecule has 0 atom stereocenters. The Balaban J connectivity index is 3.58. The van der Waals surface area contributed by atoms with Crippen molar-refractivity contribution < 1.29 is 19.7 Å². The molecule has 0 bridgehead atoms. The van der Waals surface area contributed by atoms with Crippen molar-refractivity contribution in [2.75, 3.05) is 0 Å². The number of carbonyl (C=O) groups excluding carboxylic acids is 2. The highest BCUT2D eigenvalue weighted by Crippen LogP contribution is 1.72. The lowest BCUT2D eigenvalue weighted by molar-refractivity contribution is -0.174. The standard InChI is InChI=1S/C2HNO4/c4-1-3-2(5)7-6/h6H. The Bertz CT molecular complexity index is 113. The number of carbonyl (C=O) groups is 1. The summed E-state index contributed by atoms with van der Waals surface area (Å²) in [5.41, 5.74) is 0. The number of aliphatic imine (C=N–C) groups is 1. The van der Waals surface area contributed by atoms with Gasteiger partial charge in [0.15, 0.2) is 0 Å². The van der Waals surface area contributed by atoms with Gasteiger partial charge < -0.3 is 0 Å². The smallest absolute Gasteiger partial charge is 0.276 e. The Hall–Kier alpha value is -1.19. The van der Waals surface area contributed by atoms with Gasteiger partial charge in [0, 0.05) is 0 Å². The predicted octanol–water partition coefficient (Wildman–Crippen LogP) is -0.0682. The number of nitrogens with zero attached hydrogens (tertiary/aromatic N) is 1. The van der Waals surface area contributed by atoms with Gasteiger partial charge in [-0.15, -0.1) is 0 Å². The summed E-state index contributed by atoms with van der Waals surface area (Å²) in [6, 6.07) is 0. The van der Waals surface area contributed by atoms with E-state index < -0.39 is 6.09 Å². The molecule has 7 heavy (non-hydrogen) atoms. The third-order valence-corrected chi connectivity index (χ3v) is 0.215. The molecule has 0 radical (unpaired) electrons. The highest BCUT2D eigenvalue weighted by atomic mass is 17.1. The summed E-state index contributed by atoms with van der Waals surface area (Å²) in [5, 5.41) is 7.34. The van der Waals surface area contributed by atoms with Crippen LogP contribution in [-0.4, -0.2) is 17.4 Å². The lowest BCUT2D eigenvalue weighted by Gasteiger charge is -1.76. The van der Waals surface area contributed by atoms with Crippen LogP contribution < -0.4 is 0 Å². The molecule has 1 N–H and O–H groups in total. The minimum Gasteiger partial charge on any atom is -0.276 e. The highest BCUT2D eigenvalue weighted by molar-refractivity contribution is 5.73. The van der Waals surface area contributed by atoms with E-state index in [0.29, 0.717) is 0 Å². The summed E-state index contributed by atoms with van der Waals surface area (Å²) in [5.74, 6) is 0. The second-order valence-corrected chi connectivity index (χ2v) is 0.560. The highest BCUT2D eigenvalue weighted by Gasteiger charge is 1.91. The van der Waals surface area contributed by atoms with Crippen LogP contribution in [0.5, 0.6) is 0 Å². The zero-order chi connectivity index (χ0) is 5.70. The molecule has 0 heterocycles. The fraction of sp³-hybridized carbons (Fsp3) is 0. The van der Waals surface area contributed by atoms with E-state index in [1.807, 2.05) is 0 Å². The van der Waals surface area contributed by atoms with Crippen LogP contribution in [0, 0.1) is 0 Å². The molecule has 0 aliphatic rings. The molecule has 0 aliphatic heterocycles. The lowest BCUT2D eigenvalue weighted by atomic mass is 11.2. The van der Waals surface area contributed by atoms with Crippen LogP contribution in [0.1, 0.15) is 0 Å². The molecule has 0 spiro atoms. The zero-order valence-electron chi connectivity index (χ0n) is 3.12. The summed E-state index contributed by atoms with van der Waals surface area (Å²) < 4.78 is 0. The number of isocyanates is 1. The molecule has 0 aromatic carbocycles. The third kappa shape index (κ3) is 2.62. The van der Waals surface area contributed by atoms with E-state index in [0.717, 1.165) is 6.08 Å². The van der Waals surface area contributed by atoms with Crippen LogP contribution in [0.3, 0.4) is 0 Å². The van der Waals surface area contributed by atoms with Crippen molar-refractivity contribution in [3.05, 3.63) is 0 Å². The van der Waals surface area contributed by atoms with Gasteiger partial charge in [-0.25, -0.2) is 9.59 Å². The van der Waals surface area contributed by atoms with E-state index in [1.54, 1.807) is 0 Å². The monoisotopic (exact) mass is 103 g/mol. The molecular formula is C2HNO4. The first-order valence-electron chi connectivity index (χ1n) is 1.24. The van der Waals surface area contributed by atoms with E-state index >= 15 is 0 Å². The Morgan fingerprint density at radius 1 is 1.86 bits per heavy atom. The SMILES string of the molecule is O=C=NC(=O)OO. The topological polar surface area (TPSA) is 76.0 Å². The molecule has 0 unspecified atom stereocenters. The molecule has 5 nitrogen and oxygen atoms in total. The van der Waals surface area contributed by atoms with Crippen molar-refractivity contribution in [2.24, 2.45) is 4.99 Å². The first kappa shape index (κ1) is 5.81. The number of hydrogen-bond donors (Lipinski definition) is 1. The molecule has 0 aromatic rings. The van der Waals surface area contributed by atoms with Crippen molar-refractivity contribution >= 4 is 12.2 Å². The maximum Gasteiger partial charge on any atom is 0.475 e. The number of amides is 1. The second kappa shape index (κ2) is 3.02. The van der Waals surface area contributed by atoms with Gasteiger partial charge in [0.25, 0.3) is 0 Å². The van der Waals surface area contributed by atoms with Gasteiger partial charge >= 0.3 is 6.09 Å². The first-order valence-corrected chi connectivity index (χ1v) is 1.24. The molecule has 5 heteroatoms. The van der Waals surface area contributed by atoms with Crippen molar-refractivity contribution in [1.82, 2.24) is 0 Å². The minimum absolute atomic E-state index is 0.859. The summed E-state index contributed by atoms with van der Waals surface area (Å²) in [6.45, 7) is 0. The van der Waals surface area contributed by atoms with Crippen molar-refractivity contribution in [1.29, 1.82) is 0 Å². The van der Waals surface area contributed by atoms with E-state index in [2.05, 4.69) is 9.88 Å². The quantitative estimate of drug-likeness (QED) is 0.201. The minimum atomic E-state index is -1.37. The Morgan fingerprint density at radius 3 is 2.57 bits per heavy atom. The van der Waals surface area contributed by atoms with Gasteiger partial charge in [-0.3, -0.25) is 4.89 Å². The molecule has 0 saturated heterocycles. The van der Waals surface area contributed by atoms with Crippen LogP contribution in [0.25, 0.3) is 0 Å². The first-order chi connectivity index (χ1) is 3.31. The Labute approximate surface area is 38.2 Å². The zero-order valence-corrected chi connectivity index (χ0v) is 3.12. The van der Waals surface area contributed by atoms with Crippen molar-refractivity contribution in [3.8, 4) is 0 Å². The van der Waals surface area contributed by atoms with Crippen LogP contribution in [0.15, 0.2) is 4.99 Å². The van der Waals surface area contributed by atoms with Crippen LogP contribution in [0.2, 0.25) is 0 Å². The molecule has 0 saturated carbocycles. The largest absolute Gasteiger partial charge is 0.475 e. The molecule has 38 valence electrons. The fourth-order valence-electron chi connectivity index (χ4n) is 0.0577. The molecule has 0 aliphatic carbocycles. The summed E-state index contributed by atoms with van der Waals surface area (Å²) in [4.78, 5) is 23.8. The van der Waals surface area contributed by atoms with E-state index in [9.17, 15) is 4.79 Å². The third-order valence-electron chi connectivity index (χ3n) is 0.215. The molecular weight excluding hydrogens is 102 g/mol. The summed E-state index contributed by atoms with van der Waals surface area (Å²) in [7, 11) is 0. The van der Waals surface area contributed by atoms with Crippen LogP contribution >= 0.6 is 0 Å². The Morgan fingerprint density at radius 2 is 2.43 bits per heavy atom. The van der Waals surface area contributed by atoms with E-state index in [4.69, 9.17) is 10.1 Å². The predicted molar refractivity (Wildman–Crippen MR) is 17.2 cm³/mol. The average Bonchev–Trinajstić information content (AvgIpc) is 1.68. The van der Waals surface area contributed by atoms with Crippen molar-refractivity contribution in [2.45, 2.75) is 0 Å². The van der Waals surface area contributed by atoms with Crippen LogP contribution in [0.4, 0.5) is 4.79 Å². The summed E-state index contributed by atoms with van der Waals surface area (Å²) in [6.07, 6.45) is -0.507. The molecule has 0 rings (SSSR count). The molecule has 0 fully saturated rings. The van der Waals surface area contributed by atoms with Gasteiger partial charge in [-0.05, 0) is 0 Å². The fourth-order valence-corrected chi connectivity index (χ4v) is 0.0577.